The van der Waals surface area contributed by atoms with E-state index < -0.39 is 0 Å². The lowest BCUT2D eigenvalue weighted by Gasteiger charge is -2.26. The summed E-state index contributed by atoms with van der Waals surface area (Å²) in [5.41, 5.74) is 6.55. The van der Waals surface area contributed by atoms with Crippen molar-refractivity contribution in [1.29, 1.82) is 0 Å². The van der Waals surface area contributed by atoms with Gasteiger partial charge >= 0.3 is 0 Å². The number of thiophene rings is 1. The van der Waals surface area contributed by atoms with Gasteiger partial charge < -0.3 is 15.5 Å². The number of fused-ring (bicyclic) bond motifs is 1. The van der Waals surface area contributed by atoms with Crippen molar-refractivity contribution in [3.8, 4) is 0 Å². The second-order valence-electron chi connectivity index (χ2n) is 8.25. The van der Waals surface area contributed by atoms with Crippen molar-refractivity contribution in [3.63, 3.8) is 0 Å². The van der Waals surface area contributed by atoms with Gasteiger partial charge in [-0.3, -0.25) is 9.79 Å². The Bertz CT molecular complexity index is 1010. The van der Waals surface area contributed by atoms with Gasteiger partial charge in [-0.05, 0) is 76.1 Å². The largest absolute Gasteiger partial charge is 0.384 e. The first-order chi connectivity index (χ1) is 16.1. The van der Waals surface area contributed by atoms with Crippen molar-refractivity contribution in [1.82, 2.24) is 15.5 Å². The molecular weight excluding hydrogens is 430 g/mol. The van der Waals surface area contributed by atoms with Crippen LogP contribution in [-0.2, 0) is 24.3 Å². The fraction of sp³-hybridized carbons (Fsp3) is 0.423. The van der Waals surface area contributed by atoms with Gasteiger partial charge in [-0.15, -0.1) is 11.3 Å². The molecule has 0 saturated heterocycles. The molecule has 0 bridgehead atoms. The molecule has 3 rings (SSSR count). The molecule has 7 heteroatoms. The molecule has 0 radical (unpaired) electrons. The number of allylic oxidation sites excluding steroid dienone is 6. The fourth-order valence-electron chi connectivity index (χ4n) is 4.23. The lowest BCUT2D eigenvalue weighted by molar-refractivity contribution is -0.126. The molecule has 2 N–H and O–H groups in total. The van der Waals surface area contributed by atoms with E-state index in [1.807, 2.05) is 18.0 Å². The first-order valence-electron chi connectivity index (χ1n) is 11.6. The molecule has 1 aromatic rings. The normalized spacial score (nSPS) is 19.2. The van der Waals surface area contributed by atoms with E-state index in [4.69, 9.17) is 0 Å². The number of carbonyl (C=O) groups excluding carboxylic acids is 1. The summed E-state index contributed by atoms with van der Waals surface area (Å²) in [5.74, 6) is 0.0565. The van der Waals surface area contributed by atoms with Gasteiger partial charge in [-0.2, -0.15) is 0 Å². The van der Waals surface area contributed by atoms with Crippen LogP contribution in [0.5, 0.6) is 0 Å². The van der Waals surface area contributed by atoms with E-state index in [2.05, 4.69) is 59.4 Å². The maximum atomic E-state index is 12.5. The number of hydrogen-bond acceptors (Lipinski definition) is 5. The van der Waals surface area contributed by atoms with Gasteiger partial charge in [-0.1, -0.05) is 18.2 Å². The number of amides is 1. The summed E-state index contributed by atoms with van der Waals surface area (Å²) in [6.07, 6.45) is 16.1. The van der Waals surface area contributed by atoms with Crippen LogP contribution in [-0.4, -0.2) is 44.0 Å². The second kappa shape index (κ2) is 12.5. The van der Waals surface area contributed by atoms with Crippen LogP contribution in [0.1, 0.15) is 49.1 Å². The zero-order chi connectivity index (χ0) is 23.6. The van der Waals surface area contributed by atoms with Crippen molar-refractivity contribution >= 4 is 35.3 Å². The van der Waals surface area contributed by atoms with Crippen LogP contribution in [0, 0.1) is 0 Å². The standard InChI is InChI=1S/C26H35N5OS/c1-5-20-8-6-9-21(20)12-11-19(2)29-16-23-22-13-15-31(25(32)10-7-14-27-3)17-24(22)33-26(23)30-18-28-4/h5,7,10-12,18,27,29H,4,6,8-9,13-17H2,1-3H3/b10-7+,19-11+,20-5-,21-12-,30-18-. The number of rotatable bonds is 9. The molecule has 6 nitrogen and oxygen atoms in total. The predicted molar refractivity (Wildman–Crippen MR) is 140 cm³/mol. The zero-order valence-corrected chi connectivity index (χ0v) is 20.8. The van der Waals surface area contributed by atoms with Crippen LogP contribution in [0.2, 0.25) is 0 Å². The first kappa shape index (κ1) is 24.9. The van der Waals surface area contributed by atoms with E-state index >= 15 is 0 Å². The lowest BCUT2D eigenvalue weighted by atomic mass is 10.0. The van der Waals surface area contributed by atoms with Crippen molar-refractivity contribution in [2.75, 3.05) is 20.1 Å². The Balaban J connectivity index is 1.74. The minimum absolute atomic E-state index is 0.0565. The maximum Gasteiger partial charge on any atom is 0.246 e. The Morgan fingerprint density at radius 2 is 2.09 bits per heavy atom. The Morgan fingerprint density at radius 3 is 2.85 bits per heavy atom. The highest BCUT2D eigenvalue weighted by molar-refractivity contribution is 7.16. The smallest absolute Gasteiger partial charge is 0.246 e. The van der Waals surface area contributed by atoms with Crippen molar-refractivity contribution in [2.24, 2.45) is 9.98 Å². The average molecular weight is 466 g/mol. The summed E-state index contributed by atoms with van der Waals surface area (Å²) in [4.78, 5) is 23.9. The molecule has 1 aromatic heterocycles. The Morgan fingerprint density at radius 1 is 1.27 bits per heavy atom. The summed E-state index contributed by atoms with van der Waals surface area (Å²) in [6.45, 7) is 10.5. The molecule has 0 unspecified atom stereocenters. The minimum Gasteiger partial charge on any atom is -0.384 e. The molecule has 1 aliphatic heterocycles. The molecule has 33 heavy (non-hydrogen) atoms. The van der Waals surface area contributed by atoms with Gasteiger partial charge in [0.25, 0.3) is 0 Å². The number of nitrogens with one attached hydrogen (secondary N) is 2. The van der Waals surface area contributed by atoms with Crippen molar-refractivity contribution in [3.05, 3.63) is 63.2 Å². The van der Waals surface area contributed by atoms with Gasteiger partial charge in [0.1, 0.15) is 11.3 Å². The molecule has 1 fully saturated rings. The number of nitrogens with zero attached hydrogens (tertiary/aromatic N) is 3. The van der Waals surface area contributed by atoms with Gasteiger partial charge in [0, 0.05) is 41.8 Å². The van der Waals surface area contributed by atoms with Crippen molar-refractivity contribution in [2.45, 2.75) is 52.6 Å². The van der Waals surface area contributed by atoms with E-state index in [0.29, 0.717) is 19.6 Å². The van der Waals surface area contributed by atoms with Gasteiger partial charge in [0.15, 0.2) is 0 Å². The molecule has 1 aliphatic carbocycles. The highest BCUT2D eigenvalue weighted by Gasteiger charge is 2.25. The number of aliphatic imine (C=N–C) groups is 2. The minimum atomic E-state index is 0.0565. The summed E-state index contributed by atoms with van der Waals surface area (Å²) in [6, 6.07) is 0. The van der Waals surface area contributed by atoms with E-state index in [-0.39, 0.29) is 5.91 Å². The number of hydrogen-bond donors (Lipinski definition) is 2. The van der Waals surface area contributed by atoms with E-state index in [1.54, 1.807) is 17.4 Å². The quantitative estimate of drug-likeness (QED) is 0.312. The predicted octanol–water partition coefficient (Wildman–Crippen LogP) is 4.82. The van der Waals surface area contributed by atoms with Crippen LogP contribution in [0.25, 0.3) is 0 Å². The molecule has 1 saturated carbocycles. The monoisotopic (exact) mass is 465 g/mol. The maximum absolute atomic E-state index is 12.5. The molecule has 176 valence electrons. The SMILES string of the molecule is C=N/C=N\c1sc2c(c1CN/C(C)=C/C=C1/CCC/C1=C/C)CCN(C(=O)/C=C/CNC)C2. The fourth-order valence-corrected chi connectivity index (χ4v) is 5.45. The molecule has 2 heterocycles. The molecule has 1 amide bonds. The highest BCUT2D eigenvalue weighted by atomic mass is 32.1. The number of likely N-dealkylation sites (N-methyl/N-ethyl adjacent to an activating group) is 1. The highest BCUT2D eigenvalue weighted by Crippen LogP contribution is 2.39. The van der Waals surface area contributed by atoms with E-state index in [0.717, 1.165) is 30.1 Å². The third-order valence-corrected chi connectivity index (χ3v) is 7.19. The number of carbonyl (C=O) groups is 1. The summed E-state index contributed by atoms with van der Waals surface area (Å²) < 4.78 is 0. The molecule has 0 spiro atoms. The van der Waals surface area contributed by atoms with E-state index in [9.17, 15) is 4.79 Å². The molecule has 0 atom stereocenters. The first-order valence-corrected chi connectivity index (χ1v) is 12.4. The lowest BCUT2D eigenvalue weighted by Crippen LogP contribution is -2.34. The zero-order valence-electron chi connectivity index (χ0n) is 20.0. The summed E-state index contributed by atoms with van der Waals surface area (Å²) in [7, 11) is 1.87. The van der Waals surface area contributed by atoms with Crippen LogP contribution in [0.4, 0.5) is 5.00 Å². The second-order valence-corrected chi connectivity index (χ2v) is 9.33. The van der Waals surface area contributed by atoms with E-state index in [1.165, 1.54) is 46.3 Å². The topological polar surface area (TPSA) is 69.1 Å². The molecular formula is C26H35N5OS. The Hall–Kier alpha value is -2.77. The third-order valence-electron chi connectivity index (χ3n) is 6.03. The van der Waals surface area contributed by atoms with Gasteiger partial charge in [0.2, 0.25) is 5.91 Å². The van der Waals surface area contributed by atoms with Crippen molar-refractivity contribution < 1.29 is 4.79 Å². The Kier molecular flexibility index (Phi) is 9.39. The van der Waals surface area contributed by atoms with Gasteiger partial charge in [0.05, 0.1) is 6.54 Å². The molecule has 0 aromatic carbocycles. The van der Waals surface area contributed by atoms with Crippen LogP contribution >= 0.6 is 11.3 Å². The third kappa shape index (κ3) is 6.62. The molecule has 2 aliphatic rings. The van der Waals surface area contributed by atoms with Crippen LogP contribution < -0.4 is 10.6 Å². The van der Waals surface area contributed by atoms with Gasteiger partial charge in [-0.25, -0.2) is 4.99 Å². The van der Waals surface area contributed by atoms with Crippen LogP contribution in [0.15, 0.2) is 57.2 Å². The summed E-state index contributed by atoms with van der Waals surface area (Å²) >= 11 is 1.65. The average Bonchev–Trinajstić information content (AvgIpc) is 3.43. The summed E-state index contributed by atoms with van der Waals surface area (Å²) in [5, 5.41) is 7.53. The Labute approximate surface area is 201 Å². The van der Waals surface area contributed by atoms with Crippen LogP contribution in [0.3, 0.4) is 0 Å².